The van der Waals surface area contributed by atoms with Gasteiger partial charge >= 0.3 is 0 Å². The lowest BCUT2D eigenvalue weighted by Crippen LogP contribution is -2.45. The van der Waals surface area contributed by atoms with Gasteiger partial charge in [-0.2, -0.15) is 0 Å². The van der Waals surface area contributed by atoms with Crippen molar-refractivity contribution in [3.05, 3.63) is 71.8 Å². The van der Waals surface area contributed by atoms with Crippen LogP contribution in [0, 0.1) is 0 Å². The zero-order valence-corrected chi connectivity index (χ0v) is 14.8. The second kappa shape index (κ2) is 8.79. The third-order valence-electron chi connectivity index (χ3n) is 4.63. The van der Waals surface area contributed by atoms with Crippen molar-refractivity contribution in [1.29, 1.82) is 0 Å². The molecule has 1 aliphatic heterocycles. The van der Waals surface area contributed by atoms with Crippen LogP contribution in [0.4, 0.5) is 0 Å². The summed E-state index contributed by atoms with van der Waals surface area (Å²) in [6.45, 7) is 6.11. The molecular formula is C21H26N2O2. The molecule has 1 unspecified atom stereocenters. The number of nitrogens with zero attached hydrogens (tertiary/aromatic N) is 2. The Labute approximate surface area is 150 Å². The number of hydrogen-bond acceptors (Lipinski definition) is 3. The number of benzene rings is 2. The molecule has 4 heteroatoms. The van der Waals surface area contributed by atoms with E-state index in [1.807, 2.05) is 48.2 Å². The van der Waals surface area contributed by atoms with E-state index in [-0.39, 0.29) is 12.0 Å². The number of morpholine rings is 1. The highest BCUT2D eigenvalue weighted by molar-refractivity contribution is 5.78. The number of rotatable bonds is 6. The topological polar surface area (TPSA) is 32.8 Å². The zero-order chi connectivity index (χ0) is 17.5. The minimum Gasteiger partial charge on any atom is -0.371 e. The first kappa shape index (κ1) is 17.6. The van der Waals surface area contributed by atoms with Crippen molar-refractivity contribution < 1.29 is 9.53 Å². The summed E-state index contributed by atoms with van der Waals surface area (Å²) < 4.78 is 5.89. The maximum Gasteiger partial charge on any atom is 0.237 e. The van der Waals surface area contributed by atoms with Crippen LogP contribution >= 0.6 is 0 Å². The zero-order valence-electron chi connectivity index (χ0n) is 14.8. The Hall–Kier alpha value is -2.17. The Morgan fingerprint density at radius 2 is 1.80 bits per heavy atom. The minimum absolute atomic E-state index is 0.0481. The van der Waals surface area contributed by atoms with Gasteiger partial charge in [0.25, 0.3) is 0 Å². The van der Waals surface area contributed by atoms with E-state index in [0.29, 0.717) is 19.7 Å². The molecule has 1 amide bonds. The molecule has 0 radical (unpaired) electrons. The molecular weight excluding hydrogens is 312 g/mol. The predicted octanol–water partition coefficient (Wildman–Crippen LogP) is 3.11. The van der Waals surface area contributed by atoms with Crippen molar-refractivity contribution >= 4 is 5.91 Å². The average molecular weight is 338 g/mol. The van der Waals surface area contributed by atoms with Gasteiger partial charge < -0.3 is 9.64 Å². The van der Waals surface area contributed by atoms with Crippen LogP contribution in [0.1, 0.15) is 24.2 Å². The fourth-order valence-electron chi connectivity index (χ4n) is 3.19. The summed E-state index contributed by atoms with van der Waals surface area (Å²) in [5, 5.41) is 0. The van der Waals surface area contributed by atoms with Crippen LogP contribution in [0.5, 0.6) is 0 Å². The second-order valence-electron chi connectivity index (χ2n) is 6.40. The molecule has 0 saturated carbocycles. The van der Waals surface area contributed by atoms with Crippen LogP contribution < -0.4 is 0 Å². The first-order valence-electron chi connectivity index (χ1n) is 8.97. The van der Waals surface area contributed by atoms with Gasteiger partial charge in [0.1, 0.15) is 0 Å². The minimum atomic E-state index is 0.0481. The third-order valence-corrected chi connectivity index (χ3v) is 4.63. The SMILES string of the molecule is CCN(Cc1ccccc1)C(=O)CN1CCOC(c2ccccc2)C1. The van der Waals surface area contributed by atoms with E-state index < -0.39 is 0 Å². The van der Waals surface area contributed by atoms with Crippen LogP contribution in [-0.2, 0) is 16.1 Å². The van der Waals surface area contributed by atoms with E-state index in [1.165, 1.54) is 11.1 Å². The van der Waals surface area contributed by atoms with Gasteiger partial charge in [-0.05, 0) is 18.1 Å². The van der Waals surface area contributed by atoms with Gasteiger partial charge in [0.15, 0.2) is 0 Å². The van der Waals surface area contributed by atoms with Gasteiger partial charge in [0, 0.05) is 26.2 Å². The highest BCUT2D eigenvalue weighted by atomic mass is 16.5. The van der Waals surface area contributed by atoms with Crippen LogP contribution in [0.15, 0.2) is 60.7 Å². The normalized spacial score (nSPS) is 18.0. The summed E-state index contributed by atoms with van der Waals surface area (Å²) in [5.41, 5.74) is 2.35. The quantitative estimate of drug-likeness (QED) is 0.811. The molecule has 3 rings (SSSR count). The third kappa shape index (κ3) is 4.91. The summed E-state index contributed by atoms with van der Waals surface area (Å²) in [7, 11) is 0. The average Bonchev–Trinajstić information content (AvgIpc) is 2.68. The summed E-state index contributed by atoms with van der Waals surface area (Å²) >= 11 is 0. The van der Waals surface area contributed by atoms with Crippen LogP contribution in [0.3, 0.4) is 0 Å². The molecule has 0 spiro atoms. The molecule has 2 aromatic rings. The van der Waals surface area contributed by atoms with Gasteiger partial charge in [-0.3, -0.25) is 9.69 Å². The highest BCUT2D eigenvalue weighted by Gasteiger charge is 2.24. The van der Waals surface area contributed by atoms with Crippen molar-refractivity contribution in [2.24, 2.45) is 0 Å². The fourth-order valence-corrected chi connectivity index (χ4v) is 3.19. The molecule has 0 N–H and O–H groups in total. The van der Waals surface area contributed by atoms with Gasteiger partial charge in [-0.15, -0.1) is 0 Å². The molecule has 0 aliphatic carbocycles. The van der Waals surface area contributed by atoms with Crippen molar-refractivity contribution in [2.75, 3.05) is 32.8 Å². The van der Waals surface area contributed by atoms with E-state index in [9.17, 15) is 4.79 Å². The molecule has 0 aromatic heterocycles. The number of amides is 1. The van der Waals surface area contributed by atoms with Gasteiger partial charge in [-0.1, -0.05) is 60.7 Å². The molecule has 1 saturated heterocycles. The largest absolute Gasteiger partial charge is 0.371 e. The smallest absolute Gasteiger partial charge is 0.237 e. The molecule has 25 heavy (non-hydrogen) atoms. The van der Waals surface area contributed by atoms with E-state index in [4.69, 9.17) is 4.74 Å². The molecule has 1 aliphatic rings. The van der Waals surface area contributed by atoms with E-state index in [1.54, 1.807) is 0 Å². The molecule has 1 fully saturated rings. The van der Waals surface area contributed by atoms with Gasteiger partial charge in [0.2, 0.25) is 5.91 Å². The second-order valence-corrected chi connectivity index (χ2v) is 6.40. The summed E-state index contributed by atoms with van der Waals surface area (Å²) in [6.07, 6.45) is 0.0481. The van der Waals surface area contributed by atoms with E-state index in [0.717, 1.165) is 19.6 Å². The molecule has 4 nitrogen and oxygen atoms in total. The van der Waals surface area contributed by atoms with Crippen LogP contribution in [0.25, 0.3) is 0 Å². The van der Waals surface area contributed by atoms with Crippen molar-refractivity contribution in [3.63, 3.8) is 0 Å². The van der Waals surface area contributed by atoms with Crippen molar-refractivity contribution in [1.82, 2.24) is 9.80 Å². The fraction of sp³-hybridized carbons (Fsp3) is 0.381. The predicted molar refractivity (Wildman–Crippen MR) is 99.1 cm³/mol. The summed E-state index contributed by atoms with van der Waals surface area (Å²) in [6, 6.07) is 20.4. The lowest BCUT2D eigenvalue weighted by molar-refractivity contribution is -0.134. The van der Waals surface area contributed by atoms with Gasteiger partial charge in [-0.25, -0.2) is 0 Å². The van der Waals surface area contributed by atoms with Crippen molar-refractivity contribution in [2.45, 2.75) is 19.6 Å². The Bertz CT molecular complexity index is 660. The number of hydrogen-bond donors (Lipinski definition) is 0. The highest BCUT2D eigenvalue weighted by Crippen LogP contribution is 2.21. The van der Waals surface area contributed by atoms with Crippen LogP contribution in [0.2, 0.25) is 0 Å². The first-order valence-corrected chi connectivity index (χ1v) is 8.97. The molecule has 0 bridgehead atoms. The maximum atomic E-state index is 12.7. The number of carbonyl (C=O) groups is 1. The van der Waals surface area contributed by atoms with Crippen molar-refractivity contribution in [3.8, 4) is 0 Å². The molecule has 132 valence electrons. The lowest BCUT2D eigenvalue weighted by Gasteiger charge is -2.34. The standard InChI is InChI=1S/C21H26N2O2/c1-2-23(15-18-9-5-3-6-10-18)21(24)17-22-13-14-25-20(16-22)19-11-7-4-8-12-19/h3-12,20H,2,13-17H2,1H3. The molecule has 1 atom stereocenters. The Morgan fingerprint density at radius 3 is 2.48 bits per heavy atom. The van der Waals surface area contributed by atoms with E-state index >= 15 is 0 Å². The van der Waals surface area contributed by atoms with E-state index in [2.05, 4.69) is 29.2 Å². The first-order chi connectivity index (χ1) is 12.3. The maximum absolute atomic E-state index is 12.7. The number of ether oxygens (including phenoxy) is 1. The summed E-state index contributed by atoms with van der Waals surface area (Å²) in [5.74, 6) is 0.181. The Kier molecular flexibility index (Phi) is 6.20. The number of likely N-dealkylation sites (N-methyl/N-ethyl adjacent to an activating group) is 1. The Morgan fingerprint density at radius 1 is 1.12 bits per heavy atom. The van der Waals surface area contributed by atoms with Gasteiger partial charge in [0.05, 0.1) is 19.3 Å². The molecule has 2 aromatic carbocycles. The Balaban J connectivity index is 1.57. The monoisotopic (exact) mass is 338 g/mol. The molecule has 1 heterocycles. The lowest BCUT2D eigenvalue weighted by atomic mass is 10.1. The number of carbonyl (C=O) groups excluding carboxylic acids is 1. The summed E-state index contributed by atoms with van der Waals surface area (Å²) in [4.78, 5) is 16.9. The van der Waals surface area contributed by atoms with Crippen LogP contribution in [-0.4, -0.2) is 48.5 Å².